The molecule has 1 aromatic carbocycles. The number of hydrogen-bond donors (Lipinski definition) is 0. The summed E-state index contributed by atoms with van der Waals surface area (Å²) in [6.07, 6.45) is 2.18. The molecule has 1 aliphatic rings. The molecule has 0 aliphatic carbocycles. The minimum atomic E-state index is 0.817. The summed E-state index contributed by atoms with van der Waals surface area (Å²) in [5.74, 6) is 1.76. The lowest BCUT2D eigenvalue weighted by molar-refractivity contribution is 0.137. The van der Waals surface area contributed by atoms with E-state index in [2.05, 4.69) is 41.1 Å². The van der Waals surface area contributed by atoms with Gasteiger partial charge in [0, 0.05) is 37.8 Å². The highest BCUT2D eigenvalue weighted by Crippen LogP contribution is 2.31. The first kappa shape index (κ1) is 17.0. The maximum absolute atomic E-state index is 5.59. The van der Waals surface area contributed by atoms with Crippen LogP contribution in [0, 0.1) is 0 Å². The van der Waals surface area contributed by atoms with Gasteiger partial charge in [-0.15, -0.1) is 0 Å². The van der Waals surface area contributed by atoms with Gasteiger partial charge in [0.05, 0.1) is 13.7 Å². The number of aryl methyl sites for hydroxylation is 1. The molecule has 1 fully saturated rings. The van der Waals surface area contributed by atoms with Gasteiger partial charge in [-0.05, 0) is 31.2 Å². The van der Waals surface area contributed by atoms with Crippen LogP contribution in [-0.4, -0.2) is 55.3 Å². The van der Waals surface area contributed by atoms with Crippen molar-refractivity contribution in [3.63, 3.8) is 0 Å². The maximum Gasteiger partial charge on any atom is 0.151 e. The predicted octanol–water partition coefficient (Wildman–Crippen LogP) is 3.05. The largest absolute Gasteiger partial charge is 0.496 e. The molecule has 1 aromatic heterocycles. The first-order valence-corrected chi connectivity index (χ1v) is 8.73. The van der Waals surface area contributed by atoms with E-state index in [0.29, 0.717) is 0 Å². The first-order chi connectivity index (χ1) is 11.7. The summed E-state index contributed by atoms with van der Waals surface area (Å²) >= 11 is 0. The standard InChI is InChI=1S/C19H27N3O2/c1-4-5-15-6-7-19(23-3)17(12-15)18-13-16(24-20-18)14-22-10-8-21(2)9-11-22/h6-7,12-13H,4-5,8-11,14H2,1-3H3. The molecule has 1 aliphatic heterocycles. The summed E-state index contributed by atoms with van der Waals surface area (Å²) in [7, 11) is 3.86. The van der Waals surface area contributed by atoms with Crippen LogP contribution in [0.25, 0.3) is 11.3 Å². The second kappa shape index (κ2) is 7.81. The Hall–Kier alpha value is -1.85. The monoisotopic (exact) mass is 329 g/mol. The Morgan fingerprint density at radius 3 is 2.67 bits per heavy atom. The van der Waals surface area contributed by atoms with Gasteiger partial charge in [0.15, 0.2) is 5.76 Å². The lowest BCUT2D eigenvalue weighted by Crippen LogP contribution is -2.43. The predicted molar refractivity (Wildman–Crippen MR) is 95.3 cm³/mol. The number of hydrogen-bond acceptors (Lipinski definition) is 5. The van der Waals surface area contributed by atoms with Crippen molar-refractivity contribution in [2.24, 2.45) is 0 Å². The normalized spacial score (nSPS) is 16.5. The number of methoxy groups -OCH3 is 1. The number of ether oxygens (including phenoxy) is 1. The summed E-state index contributed by atoms with van der Waals surface area (Å²) in [5.41, 5.74) is 3.17. The van der Waals surface area contributed by atoms with Crippen molar-refractivity contribution in [3.8, 4) is 17.0 Å². The lowest BCUT2D eigenvalue weighted by atomic mass is 10.0. The summed E-state index contributed by atoms with van der Waals surface area (Å²) in [6.45, 7) is 7.36. The van der Waals surface area contributed by atoms with Crippen molar-refractivity contribution in [3.05, 3.63) is 35.6 Å². The number of nitrogens with zero attached hydrogens (tertiary/aromatic N) is 3. The van der Waals surface area contributed by atoms with Gasteiger partial charge in [-0.25, -0.2) is 0 Å². The molecule has 2 heterocycles. The molecule has 3 rings (SSSR count). The van der Waals surface area contributed by atoms with E-state index in [-0.39, 0.29) is 0 Å². The van der Waals surface area contributed by atoms with Crippen LogP contribution in [0.2, 0.25) is 0 Å². The zero-order chi connectivity index (χ0) is 16.9. The van der Waals surface area contributed by atoms with E-state index in [1.165, 1.54) is 5.56 Å². The Kier molecular flexibility index (Phi) is 5.53. The topological polar surface area (TPSA) is 41.7 Å². The van der Waals surface area contributed by atoms with Crippen molar-refractivity contribution < 1.29 is 9.26 Å². The fourth-order valence-corrected chi connectivity index (χ4v) is 3.14. The molecule has 0 N–H and O–H groups in total. The number of benzene rings is 1. The van der Waals surface area contributed by atoms with Gasteiger partial charge in [-0.2, -0.15) is 0 Å². The molecule has 5 nitrogen and oxygen atoms in total. The average molecular weight is 329 g/mol. The van der Waals surface area contributed by atoms with Crippen molar-refractivity contribution in [1.29, 1.82) is 0 Å². The fraction of sp³-hybridized carbons (Fsp3) is 0.526. The minimum absolute atomic E-state index is 0.817. The molecule has 0 amide bonds. The second-order valence-electron chi connectivity index (χ2n) is 6.54. The van der Waals surface area contributed by atoms with Crippen LogP contribution in [0.4, 0.5) is 0 Å². The van der Waals surface area contributed by atoms with Crippen LogP contribution in [0.1, 0.15) is 24.7 Å². The van der Waals surface area contributed by atoms with Gasteiger partial charge in [-0.1, -0.05) is 24.6 Å². The third-order valence-corrected chi connectivity index (χ3v) is 4.61. The second-order valence-corrected chi connectivity index (χ2v) is 6.54. The Bertz CT molecular complexity index is 660. The highest BCUT2D eigenvalue weighted by molar-refractivity contribution is 5.68. The Morgan fingerprint density at radius 1 is 1.17 bits per heavy atom. The zero-order valence-corrected chi connectivity index (χ0v) is 14.9. The van der Waals surface area contributed by atoms with E-state index in [4.69, 9.17) is 9.26 Å². The van der Waals surface area contributed by atoms with Crippen LogP contribution in [0.15, 0.2) is 28.8 Å². The fourth-order valence-electron chi connectivity index (χ4n) is 3.14. The third-order valence-electron chi connectivity index (χ3n) is 4.61. The van der Waals surface area contributed by atoms with Crippen LogP contribution in [0.5, 0.6) is 5.75 Å². The van der Waals surface area contributed by atoms with E-state index in [1.54, 1.807) is 7.11 Å². The minimum Gasteiger partial charge on any atom is -0.496 e. The highest BCUT2D eigenvalue weighted by Gasteiger charge is 2.17. The van der Waals surface area contributed by atoms with Gasteiger partial charge in [0.2, 0.25) is 0 Å². The molecule has 0 radical (unpaired) electrons. The molecule has 0 bridgehead atoms. The van der Waals surface area contributed by atoms with Crippen LogP contribution in [-0.2, 0) is 13.0 Å². The summed E-state index contributed by atoms with van der Waals surface area (Å²) < 4.78 is 11.1. The van der Waals surface area contributed by atoms with E-state index < -0.39 is 0 Å². The smallest absolute Gasteiger partial charge is 0.151 e. The molecule has 0 saturated carbocycles. The molecule has 5 heteroatoms. The molecule has 0 atom stereocenters. The van der Waals surface area contributed by atoms with Crippen molar-refractivity contribution in [2.45, 2.75) is 26.3 Å². The molecule has 2 aromatic rings. The summed E-state index contributed by atoms with van der Waals surface area (Å²) in [4.78, 5) is 4.77. The number of piperazine rings is 1. The van der Waals surface area contributed by atoms with Crippen molar-refractivity contribution in [2.75, 3.05) is 40.3 Å². The van der Waals surface area contributed by atoms with E-state index in [9.17, 15) is 0 Å². The summed E-state index contributed by atoms with van der Waals surface area (Å²) in [5, 5.41) is 4.28. The maximum atomic E-state index is 5.59. The van der Waals surface area contributed by atoms with E-state index in [1.807, 2.05) is 12.1 Å². The van der Waals surface area contributed by atoms with Crippen molar-refractivity contribution in [1.82, 2.24) is 15.0 Å². The van der Waals surface area contributed by atoms with E-state index >= 15 is 0 Å². The number of rotatable bonds is 6. The van der Waals surface area contributed by atoms with Gasteiger partial charge in [0.25, 0.3) is 0 Å². The molecular weight excluding hydrogens is 302 g/mol. The highest BCUT2D eigenvalue weighted by atomic mass is 16.5. The summed E-state index contributed by atoms with van der Waals surface area (Å²) in [6, 6.07) is 8.36. The number of likely N-dealkylation sites (N-methyl/N-ethyl adjacent to an activating group) is 1. The van der Waals surface area contributed by atoms with Crippen LogP contribution in [0.3, 0.4) is 0 Å². The van der Waals surface area contributed by atoms with Crippen molar-refractivity contribution >= 4 is 0 Å². The first-order valence-electron chi connectivity index (χ1n) is 8.73. The Balaban J connectivity index is 1.76. The SMILES string of the molecule is CCCc1ccc(OC)c(-c2cc(CN3CCN(C)CC3)on2)c1. The Labute approximate surface area is 144 Å². The van der Waals surface area contributed by atoms with Gasteiger partial charge in [-0.3, -0.25) is 4.90 Å². The molecule has 0 unspecified atom stereocenters. The Morgan fingerprint density at radius 2 is 1.96 bits per heavy atom. The van der Waals surface area contributed by atoms with Gasteiger partial charge >= 0.3 is 0 Å². The molecular formula is C19H27N3O2. The molecule has 0 spiro atoms. The van der Waals surface area contributed by atoms with E-state index in [0.717, 1.165) is 68.3 Å². The van der Waals surface area contributed by atoms with Crippen LogP contribution < -0.4 is 4.74 Å². The van der Waals surface area contributed by atoms with Crippen LogP contribution >= 0.6 is 0 Å². The average Bonchev–Trinajstić information content (AvgIpc) is 3.05. The zero-order valence-electron chi connectivity index (χ0n) is 14.9. The van der Waals surface area contributed by atoms with Gasteiger partial charge < -0.3 is 14.2 Å². The third kappa shape index (κ3) is 3.97. The molecule has 130 valence electrons. The molecule has 24 heavy (non-hydrogen) atoms. The number of aromatic nitrogens is 1. The molecule has 1 saturated heterocycles. The van der Waals surface area contributed by atoms with Gasteiger partial charge in [0.1, 0.15) is 11.4 Å². The quantitative estimate of drug-likeness (QED) is 0.815. The lowest BCUT2D eigenvalue weighted by Gasteiger charge is -2.31.